The van der Waals surface area contributed by atoms with E-state index in [0.29, 0.717) is 17.9 Å². The van der Waals surface area contributed by atoms with Crippen molar-refractivity contribution in [2.75, 3.05) is 0 Å². The van der Waals surface area contributed by atoms with Gasteiger partial charge in [-0.05, 0) is 24.1 Å². The Morgan fingerprint density at radius 1 is 1.32 bits per heavy atom. The third kappa shape index (κ3) is 2.40. The number of aliphatic hydroxyl groups excluding tert-OH is 1. The molecule has 3 heterocycles. The van der Waals surface area contributed by atoms with Gasteiger partial charge < -0.3 is 20.5 Å². The van der Waals surface area contributed by atoms with E-state index in [9.17, 15) is 19.8 Å². The highest BCUT2D eigenvalue weighted by molar-refractivity contribution is 5.87. The van der Waals surface area contributed by atoms with E-state index >= 15 is 0 Å². The van der Waals surface area contributed by atoms with Crippen molar-refractivity contribution >= 4 is 16.8 Å². The summed E-state index contributed by atoms with van der Waals surface area (Å²) in [5.41, 5.74) is 5.73. The molecule has 0 saturated heterocycles. The molecule has 2 aromatic heterocycles. The normalized spacial score (nSPS) is 14.8. The summed E-state index contributed by atoms with van der Waals surface area (Å²) in [5.74, 6) is -1.56. The molecule has 28 heavy (non-hydrogen) atoms. The fraction of sp³-hybridized carbons (Fsp3) is 0.286. The number of amides is 1. The monoisotopic (exact) mass is 379 g/mol. The highest BCUT2D eigenvalue weighted by Gasteiger charge is 2.43. The van der Waals surface area contributed by atoms with Crippen LogP contribution in [0.25, 0.3) is 22.3 Å². The Kier molecular flexibility index (Phi) is 4.10. The van der Waals surface area contributed by atoms with E-state index < -0.39 is 29.6 Å². The molecule has 0 saturated carbocycles. The third-order valence-corrected chi connectivity index (χ3v) is 5.55. The van der Waals surface area contributed by atoms with Crippen molar-refractivity contribution in [3.05, 3.63) is 63.4 Å². The zero-order valence-corrected chi connectivity index (χ0v) is 15.6. The maximum Gasteiger partial charge on any atom is 0.257 e. The largest absolute Gasteiger partial charge is 0.391 e. The minimum Gasteiger partial charge on any atom is -0.391 e. The summed E-state index contributed by atoms with van der Waals surface area (Å²) < 4.78 is 1.51. The number of benzene rings is 1. The van der Waals surface area contributed by atoms with Crippen LogP contribution in [0, 0.1) is 5.92 Å². The van der Waals surface area contributed by atoms with Gasteiger partial charge in [0, 0.05) is 22.1 Å². The second-order valence-electron chi connectivity index (χ2n) is 7.45. The maximum atomic E-state index is 13.1. The molecule has 3 aromatic rings. The first kappa shape index (κ1) is 18.3. The molecule has 7 heteroatoms. The van der Waals surface area contributed by atoms with E-state index in [1.807, 2.05) is 30.3 Å². The fourth-order valence-electron chi connectivity index (χ4n) is 3.94. The predicted octanol–water partition coefficient (Wildman–Crippen LogP) is 1.25. The number of rotatable bonds is 4. The van der Waals surface area contributed by atoms with Gasteiger partial charge in [0.15, 0.2) is 5.60 Å². The van der Waals surface area contributed by atoms with Crippen LogP contribution in [-0.4, -0.2) is 25.7 Å². The first-order valence-corrected chi connectivity index (χ1v) is 9.08. The molecule has 1 aliphatic rings. The fourth-order valence-corrected chi connectivity index (χ4v) is 3.94. The van der Waals surface area contributed by atoms with Crippen molar-refractivity contribution in [3.8, 4) is 11.4 Å². The van der Waals surface area contributed by atoms with Gasteiger partial charge in [0.1, 0.15) is 0 Å². The lowest BCUT2D eigenvalue weighted by atomic mass is 9.80. The summed E-state index contributed by atoms with van der Waals surface area (Å²) in [6.45, 7) is 2.97. The molecular weight excluding hydrogens is 358 g/mol. The van der Waals surface area contributed by atoms with Crippen molar-refractivity contribution in [3.63, 3.8) is 0 Å². The Morgan fingerprint density at radius 3 is 2.68 bits per heavy atom. The van der Waals surface area contributed by atoms with Gasteiger partial charge in [-0.15, -0.1) is 0 Å². The lowest BCUT2D eigenvalue weighted by Crippen LogP contribution is -2.47. The molecule has 0 bridgehead atoms. The predicted molar refractivity (Wildman–Crippen MR) is 104 cm³/mol. The lowest BCUT2D eigenvalue weighted by Gasteiger charge is -2.31. The summed E-state index contributed by atoms with van der Waals surface area (Å²) in [5, 5.41) is 21.9. The van der Waals surface area contributed by atoms with E-state index in [-0.39, 0.29) is 11.1 Å². The van der Waals surface area contributed by atoms with Crippen LogP contribution in [-0.2, 0) is 23.5 Å². The average molecular weight is 379 g/mol. The molecule has 1 aromatic carbocycles. The van der Waals surface area contributed by atoms with Crippen LogP contribution < -0.4 is 11.3 Å². The Labute approximate surface area is 161 Å². The number of carbonyl (C=O) groups excluding carboxylic acids is 1. The average Bonchev–Trinajstić information content (AvgIpc) is 3.03. The zero-order chi connectivity index (χ0) is 20.2. The van der Waals surface area contributed by atoms with E-state index in [1.165, 1.54) is 4.57 Å². The molecule has 0 aliphatic carbocycles. The standard InChI is InChI=1S/C21H21N3O4/c1-11(2)21(28,20(22)27)15-8-17-18-13(9-24(17)19(26)14(15)10-25)7-12-5-3-4-6-16(12)23-18/h3-8,11,25,28H,9-10H2,1-2H3,(H2,22,27)/t21-/m0/s1. The topological polar surface area (TPSA) is 118 Å². The van der Waals surface area contributed by atoms with Gasteiger partial charge in [0.2, 0.25) is 0 Å². The molecule has 4 N–H and O–H groups in total. The molecule has 4 rings (SSSR count). The van der Waals surface area contributed by atoms with Crippen molar-refractivity contribution in [2.45, 2.75) is 32.6 Å². The summed E-state index contributed by atoms with van der Waals surface area (Å²) in [4.78, 5) is 29.9. The number of aliphatic hydroxyl groups is 2. The lowest BCUT2D eigenvalue weighted by molar-refractivity contribution is -0.142. The summed E-state index contributed by atoms with van der Waals surface area (Å²) >= 11 is 0. The number of aromatic nitrogens is 2. The maximum absolute atomic E-state index is 13.1. The van der Waals surface area contributed by atoms with Crippen LogP contribution in [0.15, 0.2) is 41.2 Å². The smallest absolute Gasteiger partial charge is 0.257 e. The van der Waals surface area contributed by atoms with Crippen molar-refractivity contribution in [1.82, 2.24) is 9.55 Å². The van der Waals surface area contributed by atoms with E-state index in [0.717, 1.165) is 16.5 Å². The van der Waals surface area contributed by atoms with Crippen LogP contribution in [0.4, 0.5) is 0 Å². The van der Waals surface area contributed by atoms with E-state index in [1.54, 1.807) is 19.9 Å². The number of primary amides is 1. The summed E-state index contributed by atoms with van der Waals surface area (Å²) in [7, 11) is 0. The first-order valence-electron chi connectivity index (χ1n) is 9.08. The van der Waals surface area contributed by atoms with Gasteiger partial charge >= 0.3 is 0 Å². The Bertz CT molecular complexity index is 1180. The van der Waals surface area contributed by atoms with Crippen molar-refractivity contribution < 1.29 is 15.0 Å². The molecule has 1 amide bonds. The van der Waals surface area contributed by atoms with E-state index in [4.69, 9.17) is 5.73 Å². The number of nitrogens with two attached hydrogens (primary N) is 1. The number of hydrogen-bond donors (Lipinski definition) is 3. The summed E-state index contributed by atoms with van der Waals surface area (Å²) in [6.07, 6.45) is 0. The van der Waals surface area contributed by atoms with E-state index in [2.05, 4.69) is 4.98 Å². The molecule has 7 nitrogen and oxygen atoms in total. The van der Waals surface area contributed by atoms with Crippen LogP contribution in [0.5, 0.6) is 0 Å². The first-order chi connectivity index (χ1) is 13.3. The van der Waals surface area contributed by atoms with Crippen LogP contribution in [0.1, 0.15) is 30.5 Å². The van der Waals surface area contributed by atoms with Crippen molar-refractivity contribution in [1.29, 1.82) is 0 Å². The van der Waals surface area contributed by atoms with Gasteiger partial charge in [-0.3, -0.25) is 9.59 Å². The minimum atomic E-state index is -2.08. The molecule has 0 unspecified atom stereocenters. The Morgan fingerprint density at radius 2 is 2.04 bits per heavy atom. The van der Waals surface area contributed by atoms with Gasteiger partial charge in [-0.25, -0.2) is 4.98 Å². The highest BCUT2D eigenvalue weighted by Crippen LogP contribution is 2.37. The molecule has 1 atom stereocenters. The molecule has 144 valence electrons. The molecule has 0 spiro atoms. The van der Waals surface area contributed by atoms with Crippen molar-refractivity contribution in [2.24, 2.45) is 11.7 Å². The SMILES string of the molecule is CC(C)[C@@](O)(C(N)=O)c1cc2n(c(=O)c1CO)Cc1cc3ccccc3nc1-2. The Hall–Kier alpha value is -3.03. The number of nitrogens with zero attached hydrogens (tertiary/aromatic N) is 2. The summed E-state index contributed by atoms with van der Waals surface area (Å²) in [6, 6.07) is 11.2. The Balaban J connectivity index is 2.04. The van der Waals surface area contributed by atoms with Crippen LogP contribution >= 0.6 is 0 Å². The number of fused-ring (bicyclic) bond motifs is 4. The zero-order valence-electron chi connectivity index (χ0n) is 15.6. The third-order valence-electron chi connectivity index (χ3n) is 5.55. The van der Waals surface area contributed by atoms with Gasteiger partial charge in [-0.1, -0.05) is 32.0 Å². The molecular formula is C21H21N3O4. The second-order valence-corrected chi connectivity index (χ2v) is 7.45. The van der Waals surface area contributed by atoms with Crippen LogP contribution in [0.3, 0.4) is 0 Å². The van der Waals surface area contributed by atoms with Gasteiger partial charge in [-0.2, -0.15) is 0 Å². The number of pyridine rings is 2. The minimum absolute atomic E-state index is 0.0314. The van der Waals surface area contributed by atoms with Gasteiger partial charge in [0.05, 0.1) is 30.1 Å². The molecule has 1 aliphatic heterocycles. The number of para-hydroxylation sites is 1. The number of hydrogen-bond acceptors (Lipinski definition) is 5. The quantitative estimate of drug-likeness (QED) is 0.493. The second kappa shape index (κ2) is 6.25. The van der Waals surface area contributed by atoms with Crippen LogP contribution in [0.2, 0.25) is 0 Å². The van der Waals surface area contributed by atoms with Gasteiger partial charge in [0.25, 0.3) is 11.5 Å². The molecule has 0 radical (unpaired) electrons. The molecule has 0 fully saturated rings. The number of carbonyl (C=O) groups is 1. The highest BCUT2D eigenvalue weighted by atomic mass is 16.3.